The van der Waals surface area contributed by atoms with Crippen molar-refractivity contribution in [3.8, 4) is 0 Å². The summed E-state index contributed by atoms with van der Waals surface area (Å²) >= 11 is 19.9. The van der Waals surface area contributed by atoms with Gasteiger partial charge >= 0.3 is 0 Å². The molecule has 1 rings (SSSR count). The van der Waals surface area contributed by atoms with E-state index in [0.717, 1.165) is 0 Å². The van der Waals surface area contributed by atoms with Crippen LogP contribution in [-0.4, -0.2) is 15.8 Å². The number of rotatable bonds is 2. The van der Waals surface area contributed by atoms with Gasteiger partial charge in [-0.1, -0.05) is 18.2 Å². The number of hydrogen-bond acceptors (Lipinski definition) is 2. The first-order valence-corrected chi connectivity index (χ1v) is 5.47. The third kappa shape index (κ3) is 6.00. The van der Waals surface area contributed by atoms with Crippen molar-refractivity contribution >= 4 is 56.9 Å². The number of alkyl halides is 2. The van der Waals surface area contributed by atoms with Gasteiger partial charge in [-0.2, -0.15) is 0 Å². The first kappa shape index (κ1) is 14.7. The molecule has 0 atom stereocenters. The minimum absolute atomic E-state index is 0.194. The van der Waals surface area contributed by atoms with Crippen molar-refractivity contribution in [3.05, 3.63) is 35.4 Å². The maximum absolute atomic E-state index is 10.6. The van der Waals surface area contributed by atoms with Gasteiger partial charge in [0.25, 0.3) is 10.5 Å². The molecule has 0 saturated heterocycles. The third-order valence-electron chi connectivity index (χ3n) is 1.32. The van der Waals surface area contributed by atoms with Crippen molar-refractivity contribution in [2.24, 2.45) is 0 Å². The molecule has 6 heteroatoms. The number of carbonyl (C=O) groups excluding carboxylic acids is 2. The van der Waals surface area contributed by atoms with Gasteiger partial charge in [-0.15, -0.1) is 23.2 Å². The van der Waals surface area contributed by atoms with Crippen LogP contribution in [0.4, 0.5) is 0 Å². The van der Waals surface area contributed by atoms with Crippen LogP contribution in [0.5, 0.6) is 0 Å². The molecule has 0 aliphatic rings. The van der Waals surface area contributed by atoms with Crippen LogP contribution in [0.25, 0.3) is 0 Å². The van der Waals surface area contributed by atoms with Gasteiger partial charge < -0.3 is 0 Å². The lowest BCUT2D eigenvalue weighted by atomic mass is 10.1. The molecule has 0 radical (unpaired) electrons. The Kier molecular flexibility index (Phi) is 7.79. The van der Waals surface area contributed by atoms with Crippen molar-refractivity contribution in [1.29, 1.82) is 0 Å². The highest BCUT2D eigenvalue weighted by molar-refractivity contribution is 6.69. The number of benzene rings is 1. The number of hydrogen-bond donors (Lipinski definition) is 0. The lowest BCUT2D eigenvalue weighted by Crippen LogP contribution is -1.93. The van der Waals surface area contributed by atoms with Gasteiger partial charge in [0, 0.05) is 11.1 Å². The van der Waals surface area contributed by atoms with Gasteiger partial charge in [0.05, 0.1) is 5.34 Å². The molecule has 0 fully saturated rings. The Hall–Kier alpha value is -0.280. The molecule has 82 valence electrons. The Morgan fingerprint density at radius 2 is 1.33 bits per heavy atom. The van der Waals surface area contributed by atoms with E-state index in [1.165, 1.54) is 18.2 Å². The van der Waals surface area contributed by atoms with Crippen molar-refractivity contribution in [2.45, 2.75) is 0 Å². The maximum Gasteiger partial charge on any atom is 0.252 e. The molecule has 0 bridgehead atoms. The summed E-state index contributed by atoms with van der Waals surface area (Å²) in [6, 6.07) is 5.92. The van der Waals surface area contributed by atoms with Crippen LogP contribution >= 0.6 is 46.4 Å². The zero-order valence-electron chi connectivity index (χ0n) is 7.34. The van der Waals surface area contributed by atoms with E-state index in [9.17, 15) is 9.59 Å². The van der Waals surface area contributed by atoms with Crippen LogP contribution in [0.1, 0.15) is 20.7 Å². The Morgan fingerprint density at radius 3 is 1.60 bits per heavy atom. The van der Waals surface area contributed by atoms with Gasteiger partial charge in [0.1, 0.15) is 0 Å². The van der Waals surface area contributed by atoms with Crippen molar-refractivity contribution < 1.29 is 9.59 Å². The summed E-state index contributed by atoms with van der Waals surface area (Å²) < 4.78 is 0. The van der Waals surface area contributed by atoms with Crippen LogP contribution in [0.15, 0.2) is 24.3 Å². The van der Waals surface area contributed by atoms with Crippen molar-refractivity contribution in [1.82, 2.24) is 0 Å². The van der Waals surface area contributed by atoms with Crippen LogP contribution in [-0.2, 0) is 0 Å². The quantitative estimate of drug-likeness (QED) is 0.611. The van der Waals surface area contributed by atoms with Crippen molar-refractivity contribution in [2.75, 3.05) is 5.34 Å². The number of carbonyl (C=O) groups is 2. The van der Waals surface area contributed by atoms with Gasteiger partial charge in [-0.05, 0) is 29.3 Å². The van der Waals surface area contributed by atoms with E-state index in [0.29, 0.717) is 0 Å². The fraction of sp³-hybridized carbons (Fsp3) is 0.111. The predicted molar refractivity (Wildman–Crippen MR) is 63.4 cm³/mol. The molecule has 0 saturated carbocycles. The zero-order valence-corrected chi connectivity index (χ0v) is 10.4. The molecule has 15 heavy (non-hydrogen) atoms. The Morgan fingerprint density at radius 1 is 1.00 bits per heavy atom. The molecular formula is C9H6Cl4O2. The summed E-state index contributed by atoms with van der Waals surface area (Å²) in [6.07, 6.45) is 0. The molecule has 0 aliphatic carbocycles. The largest absolute Gasteiger partial charge is 0.276 e. The van der Waals surface area contributed by atoms with E-state index in [-0.39, 0.29) is 16.5 Å². The Balaban J connectivity index is 0.000000583. The highest BCUT2D eigenvalue weighted by atomic mass is 35.5. The second kappa shape index (κ2) is 7.94. The summed E-state index contributed by atoms with van der Waals surface area (Å²) in [5.41, 5.74) is 0.534. The van der Waals surface area contributed by atoms with Crippen LogP contribution in [0.2, 0.25) is 0 Å². The minimum atomic E-state index is -0.602. The molecule has 1 aromatic carbocycles. The van der Waals surface area contributed by atoms with E-state index in [1.54, 1.807) is 6.07 Å². The van der Waals surface area contributed by atoms with E-state index in [2.05, 4.69) is 0 Å². The summed E-state index contributed by atoms with van der Waals surface area (Å²) in [6.45, 7) is 0. The lowest BCUT2D eigenvalue weighted by Gasteiger charge is -1.95. The van der Waals surface area contributed by atoms with Gasteiger partial charge in [-0.25, -0.2) is 0 Å². The normalized spacial score (nSPS) is 8.80. The fourth-order valence-corrected chi connectivity index (χ4v) is 0.999. The summed E-state index contributed by atoms with van der Waals surface area (Å²) in [5, 5.41) is -1.01. The van der Waals surface area contributed by atoms with E-state index in [1.807, 2.05) is 0 Å². The average Bonchev–Trinajstić information content (AvgIpc) is 2.19. The highest BCUT2D eigenvalue weighted by Crippen LogP contribution is 2.09. The Labute approximate surface area is 107 Å². The molecule has 2 nitrogen and oxygen atoms in total. The molecule has 1 aromatic rings. The smallest absolute Gasteiger partial charge is 0.252 e. The summed E-state index contributed by atoms with van der Waals surface area (Å²) in [4.78, 5) is 21.3. The number of halogens is 4. The molecule has 0 aliphatic heterocycles. The zero-order chi connectivity index (χ0) is 11.8. The minimum Gasteiger partial charge on any atom is -0.276 e. The maximum atomic E-state index is 10.6. The lowest BCUT2D eigenvalue weighted by molar-refractivity contribution is 0.108. The fourth-order valence-electron chi connectivity index (χ4n) is 0.764. The molecule has 0 heterocycles. The molecule has 0 amide bonds. The molecular weight excluding hydrogens is 282 g/mol. The molecule has 0 aromatic heterocycles. The first-order valence-electron chi connectivity index (χ1n) is 3.64. The van der Waals surface area contributed by atoms with Gasteiger partial charge in [0.15, 0.2) is 0 Å². The van der Waals surface area contributed by atoms with Crippen LogP contribution in [0, 0.1) is 0 Å². The van der Waals surface area contributed by atoms with Crippen LogP contribution in [0.3, 0.4) is 0 Å². The van der Waals surface area contributed by atoms with Gasteiger partial charge in [0.2, 0.25) is 0 Å². The highest BCUT2D eigenvalue weighted by Gasteiger charge is 2.05. The molecule has 0 unspecified atom stereocenters. The Bertz CT molecular complexity index is 322. The SMILES string of the molecule is ClCCl.O=C(Cl)c1cccc(C(=O)Cl)c1. The van der Waals surface area contributed by atoms with E-state index < -0.39 is 10.5 Å². The predicted octanol–water partition coefficient (Wildman–Crippen LogP) is 3.87. The monoisotopic (exact) mass is 286 g/mol. The van der Waals surface area contributed by atoms with E-state index >= 15 is 0 Å². The second-order valence-electron chi connectivity index (χ2n) is 2.23. The van der Waals surface area contributed by atoms with Crippen molar-refractivity contribution in [3.63, 3.8) is 0 Å². The summed E-state index contributed by atoms with van der Waals surface area (Å²) in [7, 11) is 0. The topological polar surface area (TPSA) is 34.1 Å². The first-order chi connectivity index (χ1) is 7.02. The molecule has 0 N–H and O–H groups in total. The standard InChI is InChI=1S/C8H4Cl2O2.CH2Cl2/c9-7(11)5-2-1-3-6(4-5)8(10)12;2-1-3/h1-4H;1H2. The summed E-state index contributed by atoms with van der Waals surface area (Å²) in [5.74, 6) is 0. The third-order valence-corrected chi connectivity index (χ3v) is 1.75. The second-order valence-corrected chi connectivity index (χ2v) is 3.72. The van der Waals surface area contributed by atoms with Gasteiger partial charge in [-0.3, -0.25) is 9.59 Å². The average molecular weight is 288 g/mol. The van der Waals surface area contributed by atoms with E-state index in [4.69, 9.17) is 46.4 Å². The van der Waals surface area contributed by atoms with Crippen LogP contribution < -0.4 is 0 Å². The molecule has 0 spiro atoms.